The fourth-order valence-corrected chi connectivity index (χ4v) is 4.35. The molecule has 1 aliphatic heterocycles. The normalized spacial score (nSPS) is 18.6. The van der Waals surface area contributed by atoms with Gasteiger partial charge in [-0.25, -0.2) is 4.79 Å². The van der Waals surface area contributed by atoms with Crippen LogP contribution in [0.4, 0.5) is 0 Å². The molecule has 0 bridgehead atoms. The second kappa shape index (κ2) is 5.59. The third-order valence-corrected chi connectivity index (χ3v) is 5.95. The minimum atomic E-state index is -1.19. The first-order valence-electron chi connectivity index (χ1n) is 9.50. The minimum Gasteiger partial charge on any atom is -0.477 e. The van der Waals surface area contributed by atoms with E-state index in [0.29, 0.717) is 17.4 Å². The number of aromatic carboxylic acids is 1. The van der Waals surface area contributed by atoms with Crippen molar-refractivity contribution in [3.63, 3.8) is 0 Å². The number of carbonyl (C=O) groups is 1. The van der Waals surface area contributed by atoms with Gasteiger partial charge in [0, 0.05) is 29.3 Å². The molecule has 1 aliphatic carbocycles. The zero-order chi connectivity index (χ0) is 18.9. The summed E-state index contributed by atoms with van der Waals surface area (Å²) in [5.41, 5.74) is 3.32. The topological polar surface area (TPSA) is 72.4 Å². The van der Waals surface area contributed by atoms with E-state index in [2.05, 4.69) is 32.0 Å². The number of fused-ring (bicyclic) bond motifs is 5. The summed E-state index contributed by atoms with van der Waals surface area (Å²) < 4.78 is 8.25. The van der Waals surface area contributed by atoms with Gasteiger partial charge in [-0.3, -0.25) is 4.79 Å². The van der Waals surface area contributed by atoms with E-state index in [-0.39, 0.29) is 17.5 Å². The molecule has 1 N–H and O–H groups in total. The van der Waals surface area contributed by atoms with Crippen LogP contribution < -0.4 is 5.43 Å². The maximum atomic E-state index is 12.4. The van der Waals surface area contributed by atoms with Gasteiger partial charge in [-0.2, -0.15) is 0 Å². The van der Waals surface area contributed by atoms with Gasteiger partial charge in [-0.1, -0.05) is 32.0 Å². The molecule has 2 aromatic heterocycles. The average Bonchev–Trinajstić information content (AvgIpc) is 3.40. The average molecular weight is 363 g/mol. The first-order valence-corrected chi connectivity index (χ1v) is 9.50. The molecule has 5 rings (SSSR count). The lowest BCUT2D eigenvalue weighted by Crippen LogP contribution is -2.27. The Morgan fingerprint density at radius 3 is 2.74 bits per heavy atom. The number of carboxylic acids is 1. The van der Waals surface area contributed by atoms with E-state index in [1.54, 1.807) is 0 Å². The molecule has 2 aliphatic rings. The molecule has 0 saturated heterocycles. The molecule has 138 valence electrons. The monoisotopic (exact) mass is 363 g/mol. The number of para-hydroxylation sites is 1. The Kier molecular flexibility index (Phi) is 3.39. The minimum absolute atomic E-state index is 0.0802. The summed E-state index contributed by atoms with van der Waals surface area (Å²) in [6, 6.07) is 7.83. The van der Waals surface area contributed by atoms with Gasteiger partial charge < -0.3 is 14.1 Å². The maximum Gasteiger partial charge on any atom is 0.341 e. The van der Waals surface area contributed by atoms with E-state index in [0.717, 1.165) is 23.0 Å². The molecule has 1 fully saturated rings. The number of hydrogen-bond acceptors (Lipinski definition) is 3. The third-order valence-electron chi connectivity index (χ3n) is 5.95. The van der Waals surface area contributed by atoms with E-state index in [1.807, 2.05) is 4.57 Å². The highest BCUT2D eigenvalue weighted by atomic mass is 16.4. The molecule has 1 unspecified atom stereocenters. The van der Waals surface area contributed by atoms with Gasteiger partial charge in [0.05, 0.1) is 5.69 Å². The number of hydrogen-bond donors (Lipinski definition) is 1. The summed E-state index contributed by atoms with van der Waals surface area (Å²) in [6.45, 7) is 4.24. The maximum absolute atomic E-state index is 12.4. The van der Waals surface area contributed by atoms with Crippen LogP contribution in [-0.2, 0) is 6.42 Å². The molecule has 0 amide bonds. The van der Waals surface area contributed by atoms with Crippen molar-refractivity contribution in [1.29, 1.82) is 0 Å². The molecule has 1 atom stereocenters. The fourth-order valence-electron chi connectivity index (χ4n) is 4.35. The summed E-state index contributed by atoms with van der Waals surface area (Å²) >= 11 is 0. The first-order chi connectivity index (χ1) is 13.0. The number of rotatable bonds is 3. The van der Waals surface area contributed by atoms with Crippen LogP contribution in [0.1, 0.15) is 60.1 Å². The Balaban J connectivity index is 1.81. The highest BCUT2D eigenvalue weighted by molar-refractivity contribution is 5.92. The lowest BCUT2D eigenvalue weighted by Gasteiger charge is -2.31. The van der Waals surface area contributed by atoms with Crippen molar-refractivity contribution < 1.29 is 14.3 Å². The summed E-state index contributed by atoms with van der Waals surface area (Å²) in [4.78, 5) is 23.8. The van der Waals surface area contributed by atoms with Crippen molar-refractivity contribution in [3.8, 4) is 11.5 Å². The SMILES string of the molecule is CC(C)C1Cc2c(oc3c(C4CC4)cccc23)-c2cc(=O)c(C(=O)O)cn21. The van der Waals surface area contributed by atoms with E-state index in [1.165, 1.54) is 30.7 Å². The summed E-state index contributed by atoms with van der Waals surface area (Å²) in [5.74, 6) is 0.379. The predicted octanol–water partition coefficient (Wildman–Crippen LogP) is 4.59. The number of carboxylic acid groups (broad SMARTS) is 1. The summed E-state index contributed by atoms with van der Waals surface area (Å²) in [5, 5.41) is 10.5. The summed E-state index contributed by atoms with van der Waals surface area (Å²) in [7, 11) is 0. The molecule has 1 saturated carbocycles. The molecular weight excluding hydrogens is 342 g/mol. The van der Waals surface area contributed by atoms with Gasteiger partial charge in [0.15, 0.2) is 11.2 Å². The standard InChI is InChI=1S/C22H21NO4/c1-11(2)17-8-15-14-5-3-4-13(12-6-7-12)20(14)27-21(15)18-9-19(24)16(22(25)26)10-23(17)18/h3-5,9-12,17H,6-8H2,1-2H3,(H,25,26). The number of aromatic nitrogens is 1. The lowest BCUT2D eigenvalue weighted by molar-refractivity contribution is 0.0694. The van der Waals surface area contributed by atoms with Crippen LogP contribution >= 0.6 is 0 Å². The molecule has 27 heavy (non-hydrogen) atoms. The molecule has 3 aromatic rings. The smallest absolute Gasteiger partial charge is 0.341 e. The quantitative estimate of drug-likeness (QED) is 0.739. The highest BCUT2D eigenvalue weighted by Crippen LogP contribution is 2.48. The molecule has 5 heteroatoms. The van der Waals surface area contributed by atoms with Crippen LogP contribution in [0.15, 0.2) is 39.7 Å². The molecule has 0 radical (unpaired) electrons. The number of pyridine rings is 1. The van der Waals surface area contributed by atoms with Gasteiger partial charge in [0.1, 0.15) is 11.1 Å². The Hall–Kier alpha value is -2.82. The number of nitrogens with zero attached hydrogens (tertiary/aromatic N) is 1. The summed E-state index contributed by atoms with van der Waals surface area (Å²) in [6.07, 6.45) is 4.64. The Morgan fingerprint density at radius 1 is 1.30 bits per heavy atom. The van der Waals surface area contributed by atoms with Crippen LogP contribution in [0.5, 0.6) is 0 Å². The van der Waals surface area contributed by atoms with Crippen LogP contribution in [0.2, 0.25) is 0 Å². The zero-order valence-corrected chi connectivity index (χ0v) is 15.4. The lowest BCUT2D eigenvalue weighted by atomic mass is 9.89. The number of benzene rings is 1. The van der Waals surface area contributed by atoms with Crippen LogP contribution in [0.3, 0.4) is 0 Å². The molecule has 1 aromatic carbocycles. The van der Waals surface area contributed by atoms with Crippen molar-refractivity contribution in [2.24, 2.45) is 5.92 Å². The van der Waals surface area contributed by atoms with Gasteiger partial charge in [0.25, 0.3) is 0 Å². The van der Waals surface area contributed by atoms with Crippen LogP contribution in [0.25, 0.3) is 22.4 Å². The Labute approximate surface area is 156 Å². The van der Waals surface area contributed by atoms with Crippen molar-refractivity contribution in [2.75, 3.05) is 0 Å². The predicted molar refractivity (Wildman–Crippen MR) is 102 cm³/mol. The molecule has 3 heterocycles. The van der Waals surface area contributed by atoms with Crippen molar-refractivity contribution in [2.45, 2.75) is 45.1 Å². The molecular formula is C22H21NO4. The first kappa shape index (κ1) is 16.4. The fraction of sp³-hybridized carbons (Fsp3) is 0.364. The second-order valence-corrected chi connectivity index (χ2v) is 8.07. The molecule has 0 spiro atoms. The highest BCUT2D eigenvalue weighted by Gasteiger charge is 2.34. The van der Waals surface area contributed by atoms with Crippen LogP contribution in [0, 0.1) is 5.92 Å². The van der Waals surface area contributed by atoms with Crippen molar-refractivity contribution in [3.05, 3.63) is 57.4 Å². The largest absolute Gasteiger partial charge is 0.477 e. The number of furan rings is 1. The Morgan fingerprint density at radius 2 is 2.07 bits per heavy atom. The second-order valence-electron chi connectivity index (χ2n) is 8.07. The van der Waals surface area contributed by atoms with E-state index in [4.69, 9.17) is 4.42 Å². The van der Waals surface area contributed by atoms with Crippen molar-refractivity contribution in [1.82, 2.24) is 4.57 Å². The third kappa shape index (κ3) is 2.37. The van der Waals surface area contributed by atoms with Gasteiger partial charge in [-0.15, -0.1) is 0 Å². The van der Waals surface area contributed by atoms with E-state index in [9.17, 15) is 14.7 Å². The van der Waals surface area contributed by atoms with Gasteiger partial charge in [-0.05, 0) is 36.7 Å². The van der Waals surface area contributed by atoms with Gasteiger partial charge >= 0.3 is 5.97 Å². The van der Waals surface area contributed by atoms with E-state index < -0.39 is 11.4 Å². The Bertz CT molecular complexity index is 1150. The van der Waals surface area contributed by atoms with E-state index >= 15 is 0 Å². The zero-order valence-electron chi connectivity index (χ0n) is 15.4. The molecule has 5 nitrogen and oxygen atoms in total. The van der Waals surface area contributed by atoms with Gasteiger partial charge in [0.2, 0.25) is 0 Å². The van der Waals surface area contributed by atoms with Crippen molar-refractivity contribution >= 4 is 16.9 Å². The van der Waals surface area contributed by atoms with Crippen LogP contribution in [-0.4, -0.2) is 15.6 Å².